The van der Waals surface area contributed by atoms with E-state index in [0.717, 1.165) is 6.54 Å². The Bertz CT molecular complexity index is 625. The van der Waals surface area contributed by atoms with Crippen molar-refractivity contribution >= 4 is 22.2 Å². The molecule has 0 aliphatic carbocycles. The standard InChI is InChI=1S/C15H16N2S/c1-11(15-3-2-8-18-15)17-10-12-4-5-14-13(9-12)6-7-16-14/h2-9,11,16-17H,10H2,1H3/t11-/m0/s1. The molecule has 0 radical (unpaired) electrons. The van der Waals surface area contributed by atoms with E-state index in [-0.39, 0.29) is 0 Å². The number of nitrogens with one attached hydrogen (secondary N) is 2. The van der Waals surface area contributed by atoms with E-state index >= 15 is 0 Å². The molecule has 18 heavy (non-hydrogen) atoms. The minimum absolute atomic E-state index is 0.409. The summed E-state index contributed by atoms with van der Waals surface area (Å²) >= 11 is 1.80. The molecule has 0 aliphatic rings. The predicted molar refractivity (Wildman–Crippen MR) is 77.9 cm³/mol. The van der Waals surface area contributed by atoms with E-state index in [1.54, 1.807) is 11.3 Å². The summed E-state index contributed by atoms with van der Waals surface area (Å²) in [6.45, 7) is 3.11. The minimum atomic E-state index is 0.409. The molecule has 1 atom stereocenters. The molecule has 0 unspecified atom stereocenters. The van der Waals surface area contributed by atoms with E-state index in [1.807, 2.05) is 6.20 Å². The van der Waals surface area contributed by atoms with Crippen LogP contribution in [0.3, 0.4) is 0 Å². The zero-order valence-corrected chi connectivity index (χ0v) is 11.1. The van der Waals surface area contributed by atoms with Crippen molar-refractivity contribution in [2.75, 3.05) is 0 Å². The van der Waals surface area contributed by atoms with Crippen molar-refractivity contribution in [1.82, 2.24) is 10.3 Å². The van der Waals surface area contributed by atoms with Gasteiger partial charge in [0.2, 0.25) is 0 Å². The van der Waals surface area contributed by atoms with E-state index in [2.05, 4.69) is 59.0 Å². The number of aromatic amines is 1. The fourth-order valence-electron chi connectivity index (χ4n) is 2.12. The summed E-state index contributed by atoms with van der Waals surface area (Å²) in [6, 6.07) is 13.4. The van der Waals surface area contributed by atoms with Crippen LogP contribution in [0, 0.1) is 0 Å². The number of fused-ring (bicyclic) bond motifs is 1. The van der Waals surface area contributed by atoms with Crippen LogP contribution in [0.15, 0.2) is 48.0 Å². The lowest BCUT2D eigenvalue weighted by molar-refractivity contribution is 0.583. The largest absolute Gasteiger partial charge is 0.361 e. The molecule has 0 amide bonds. The second kappa shape index (κ2) is 4.96. The van der Waals surface area contributed by atoms with Gasteiger partial charge in [0, 0.05) is 29.2 Å². The molecule has 0 saturated carbocycles. The molecule has 0 spiro atoms. The van der Waals surface area contributed by atoms with Crippen molar-refractivity contribution in [2.45, 2.75) is 19.5 Å². The smallest absolute Gasteiger partial charge is 0.0454 e. The summed E-state index contributed by atoms with van der Waals surface area (Å²) in [6.07, 6.45) is 1.98. The van der Waals surface area contributed by atoms with Gasteiger partial charge in [-0.15, -0.1) is 11.3 Å². The van der Waals surface area contributed by atoms with E-state index in [4.69, 9.17) is 0 Å². The Hall–Kier alpha value is -1.58. The number of rotatable bonds is 4. The minimum Gasteiger partial charge on any atom is -0.361 e. The van der Waals surface area contributed by atoms with E-state index in [9.17, 15) is 0 Å². The third-order valence-corrected chi connectivity index (χ3v) is 4.26. The molecule has 0 saturated heterocycles. The SMILES string of the molecule is C[C@H](NCc1ccc2[nH]ccc2c1)c1cccs1. The first-order valence-electron chi connectivity index (χ1n) is 6.16. The maximum Gasteiger partial charge on any atom is 0.0454 e. The highest BCUT2D eigenvalue weighted by Gasteiger charge is 2.05. The Kier molecular flexibility index (Phi) is 3.17. The molecule has 2 nitrogen and oxygen atoms in total. The van der Waals surface area contributed by atoms with Gasteiger partial charge in [0.1, 0.15) is 0 Å². The van der Waals surface area contributed by atoms with Gasteiger partial charge < -0.3 is 10.3 Å². The van der Waals surface area contributed by atoms with E-state index < -0.39 is 0 Å². The van der Waals surface area contributed by atoms with Gasteiger partial charge >= 0.3 is 0 Å². The molecule has 2 N–H and O–H groups in total. The number of benzene rings is 1. The van der Waals surface area contributed by atoms with Gasteiger partial charge in [-0.05, 0) is 47.5 Å². The predicted octanol–water partition coefficient (Wildman–Crippen LogP) is 4.08. The summed E-state index contributed by atoms with van der Waals surface area (Å²) in [7, 11) is 0. The Morgan fingerprint density at radius 3 is 3.06 bits per heavy atom. The third kappa shape index (κ3) is 2.33. The average Bonchev–Trinajstić information content (AvgIpc) is 3.05. The molecule has 0 bridgehead atoms. The molecule has 3 aromatic rings. The topological polar surface area (TPSA) is 27.8 Å². The highest BCUT2D eigenvalue weighted by Crippen LogP contribution is 2.19. The number of hydrogen-bond acceptors (Lipinski definition) is 2. The monoisotopic (exact) mass is 256 g/mol. The maximum absolute atomic E-state index is 3.56. The third-order valence-electron chi connectivity index (χ3n) is 3.20. The van der Waals surface area contributed by atoms with Crippen LogP contribution in [0.5, 0.6) is 0 Å². The zero-order chi connectivity index (χ0) is 12.4. The molecule has 1 aromatic carbocycles. The first kappa shape index (κ1) is 11.5. The van der Waals surface area contributed by atoms with Crippen molar-refractivity contribution in [3.63, 3.8) is 0 Å². The van der Waals surface area contributed by atoms with Gasteiger partial charge in [0.05, 0.1) is 0 Å². The molecule has 0 fully saturated rings. The molecule has 2 heterocycles. The Morgan fingerprint density at radius 1 is 1.28 bits per heavy atom. The van der Waals surface area contributed by atoms with E-state index in [1.165, 1.54) is 21.3 Å². The molecule has 3 rings (SSSR count). The quantitative estimate of drug-likeness (QED) is 0.723. The van der Waals surface area contributed by atoms with Crippen molar-refractivity contribution < 1.29 is 0 Å². The lowest BCUT2D eigenvalue weighted by Gasteiger charge is -2.12. The average molecular weight is 256 g/mol. The van der Waals surface area contributed by atoms with Crippen LogP contribution in [-0.2, 0) is 6.54 Å². The first-order valence-corrected chi connectivity index (χ1v) is 7.04. The molecular weight excluding hydrogens is 240 g/mol. The van der Waals surface area contributed by atoms with Gasteiger partial charge in [-0.3, -0.25) is 0 Å². The van der Waals surface area contributed by atoms with Gasteiger partial charge in [-0.25, -0.2) is 0 Å². The maximum atomic E-state index is 3.56. The van der Waals surface area contributed by atoms with Crippen molar-refractivity contribution in [2.24, 2.45) is 0 Å². The molecular formula is C15H16N2S. The fraction of sp³-hybridized carbons (Fsp3) is 0.200. The zero-order valence-electron chi connectivity index (χ0n) is 10.3. The second-order valence-electron chi connectivity index (χ2n) is 4.52. The lowest BCUT2D eigenvalue weighted by atomic mass is 10.1. The Balaban J connectivity index is 1.69. The number of aromatic nitrogens is 1. The highest BCUT2D eigenvalue weighted by molar-refractivity contribution is 7.10. The van der Waals surface area contributed by atoms with Crippen LogP contribution >= 0.6 is 11.3 Å². The molecule has 3 heteroatoms. The van der Waals surface area contributed by atoms with Crippen LogP contribution in [0.25, 0.3) is 10.9 Å². The van der Waals surface area contributed by atoms with Crippen LogP contribution in [0.4, 0.5) is 0 Å². The van der Waals surface area contributed by atoms with Gasteiger partial charge in [-0.2, -0.15) is 0 Å². The number of H-pyrrole nitrogens is 1. The van der Waals surface area contributed by atoms with Crippen LogP contribution in [0.1, 0.15) is 23.4 Å². The highest BCUT2D eigenvalue weighted by atomic mass is 32.1. The van der Waals surface area contributed by atoms with Crippen molar-refractivity contribution in [1.29, 1.82) is 0 Å². The molecule has 0 aliphatic heterocycles. The van der Waals surface area contributed by atoms with Gasteiger partial charge in [0.25, 0.3) is 0 Å². The Labute approximate surface area is 111 Å². The van der Waals surface area contributed by atoms with Crippen LogP contribution < -0.4 is 5.32 Å². The molecule has 92 valence electrons. The van der Waals surface area contributed by atoms with E-state index in [0.29, 0.717) is 6.04 Å². The summed E-state index contributed by atoms with van der Waals surface area (Å²) < 4.78 is 0. The summed E-state index contributed by atoms with van der Waals surface area (Å²) in [5, 5.41) is 6.96. The number of hydrogen-bond donors (Lipinski definition) is 2. The van der Waals surface area contributed by atoms with Crippen LogP contribution in [0.2, 0.25) is 0 Å². The lowest BCUT2D eigenvalue weighted by Crippen LogP contribution is -2.16. The second-order valence-corrected chi connectivity index (χ2v) is 5.50. The number of thiophene rings is 1. The van der Waals surface area contributed by atoms with Gasteiger partial charge in [0.15, 0.2) is 0 Å². The normalized spacial score (nSPS) is 12.9. The Morgan fingerprint density at radius 2 is 2.22 bits per heavy atom. The summed E-state index contributed by atoms with van der Waals surface area (Å²) in [4.78, 5) is 4.60. The van der Waals surface area contributed by atoms with Gasteiger partial charge in [-0.1, -0.05) is 12.1 Å². The van der Waals surface area contributed by atoms with Crippen molar-refractivity contribution in [3.8, 4) is 0 Å². The molecule has 2 aromatic heterocycles. The van der Waals surface area contributed by atoms with Crippen molar-refractivity contribution in [3.05, 3.63) is 58.4 Å². The summed E-state index contributed by atoms with van der Waals surface area (Å²) in [5.74, 6) is 0. The fourth-order valence-corrected chi connectivity index (χ4v) is 2.88. The van der Waals surface area contributed by atoms with Crippen LogP contribution in [-0.4, -0.2) is 4.98 Å². The summed E-state index contributed by atoms with van der Waals surface area (Å²) in [5.41, 5.74) is 2.52. The first-order chi connectivity index (χ1) is 8.83.